The number of amides is 1. The number of methoxy groups -OCH3 is 1. The molecule has 0 aliphatic carbocycles. The molecule has 0 heterocycles. The molecule has 4 rings (SSSR count). The van der Waals surface area contributed by atoms with Crippen molar-refractivity contribution in [2.75, 3.05) is 7.11 Å². The van der Waals surface area contributed by atoms with Gasteiger partial charge < -0.3 is 9.47 Å². The van der Waals surface area contributed by atoms with Crippen LogP contribution in [0.1, 0.15) is 26.3 Å². The molecule has 164 valence electrons. The third-order valence-electron chi connectivity index (χ3n) is 4.89. The van der Waals surface area contributed by atoms with Gasteiger partial charge >= 0.3 is 5.97 Å². The van der Waals surface area contributed by atoms with E-state index in [4.69, 9.17) is 9.47 Å². The van der Waals surface area contributed by atoms with Crippen LogP contribution in [-0.2, 0) is 0 Å². The van der Waals surface area contributed by atoms with Gasteiger partial charge in [0.1, 0.15) is 0 Å². The van der Waals surface area contributed by atoms with Crippen LogP contribution >= 0.6 is 15.9 Å². The monoisotopic (exact) mass is 502 g/mol. The Morgan fingerprint density at radius 3 is 2.45 bits per heavy atom. The molecule has 0 bridgehead atoms. The fourth-order valence-corrected chi connectivity index (χ4v) is 3.50. The van der Waals surface area contributed by atoms with Gasteiger partial charge in [-0.3, -0.25) is 4.79 Å². The van der Waals surface area contributed by atoms with Crippen molar-refractivity contribution >= 4 is 44.8 Å². The number of ether oxygens (including phenoxy) is 2. The van der Waals surface area contributed by atoms with Crippen molar-refractivity contribution in [3.8, 4) is 11.5 Å². The SMILES string of the molecule is COc1cc(/C=N\NC(=O)c2ccc(Br)cc2)ccc1OC(=O)c1cccc2ccccc12. The first-order valence-electron chi connectivity index (χ1n) is 10.0. The number of rotatable bonds is 6. The number of hydrogen-bond acceptors (Lipinski definition) is 5. The van der Waals surface area contributed by atoms with Crippen LogP contribution in [-0.4, -0.2) is 25.2 Å². The van der Waals surface area contributed by atoms with E-state index in [0.717, 1.165) is 15.2 Å². The van der Waals surface area contributed by atoms with Gasteiger partial charge in [0, 0.05) is 10.0 Å². The van der Waals surface area contributed by atoms with Gasteiger partial charge in [-0.1, -0.05) is 52.3 Å². The molecule has 0 saturated carbocycles. The lowest BCUT2D eigenvalue weighted by Crippen LogP contribution is -2.17. The van der Waals surface area contributed by atoms with Crippen molar-refractivity contribution in [1.29, 1.82) is 0 Å². The maximum atomic E-state index is 12.8. The van der Waals surface area contributed by atoms with Crippen molar-refractivity contribution in [2.24, 2.45) is 5.10 Å². The van der Waals surface area contributed by atoms with E-state index in [0.29, 0.717) is 22.4 Å². The van der Waals surface area contributed by atoms with Gasteiger partial charge in [-0.2, -0.15) is 5.10 Å². The molecular weight excluding hydrogens is 484 g/mol. The third-order valence-corrected chi connectivity index (χ3v) is 5.41. The summed E-state index contributed by atoms with van der Waals surface area (Å²) in [5, 5.41) is 5.76. The Kier molecular flexibility index (Phi) is 6.80. The van der Waals surface area contributed by atoms with E-state index < -0.39 is 5.97 Å². The highest BCUT2D eigenvalue weighted by Crippen LogP contribution is 2.29. The maximum Gasteiger partial charge on any atom is 0.344 e. The Balaban J connectivity index is 1.47. The molecule has 4 aromatic rings. The second-order valence-electron chi connectivity index (χ2n) is 7.03. The van der Waals surface area contributed by atoms with Crippen molar-refractivity contribution in [3.63, 3.8) is 0 Å². The van der Waals surface area contributed by atoms with Gasteiger partial charge in [0.15, 0.2) is 11.5 Å². The molecule has 0 fully saturated rings. The predicted octanol–water partition coefficient (Wildman–Crippen LogP) is 5.59. The number of carbonyl (C=O) groups is 2. The van der Waals surface area contributed by atoms with Crippen molar-refractivity contribution in [3.05, 3.63) is 106 Å². The summed E-state index contributed by atoms with van der Waals surface area (Å²) in [5.74, 6) is -0.155. The van der Waals surface area contributed by atoms with Crippen LogP contribution in [0.25, 0.3) is 10.8 Å². The van der Waals surface area contributed by atoms with E-state index in [2.05, 4.69) is 26.5 Å². The van der Waals surface area contributed by atoms with Crippen LogP contribution in [0, 0.1) is 0 Å². The first kappa shape index (κ1) is 22.2. The van der Waals surface area contributed by atoms with Crippen LogP contribution in [0.4, 0.5) is 0 Å². The van der Waals surface area contributed by atoms with Crippen LogP contribution < -0.4 is 14.9 Å². The van der Waals surface area contributed by atoms with Gasteiger partial charge in [-0.25, -0.2) is 10.2 Å². The standard InChI is InChI=1S/C26H19BrN2O4/c1-32-24-15-17(16-28-29-25(30)19-10-12-20(27)13-11-19)9-14-23(24)33-26(31)22-8-4-6-18-5-2-3-7-21(18)22/h2-16H,1H3,(H,29,30)/b28-16-. The molecule has 0 aliphatic heterocycles. The highest BCUT2D eigenvalue weighted by molar-refractivity contribution is 9.10. The fourth-order valence-electron chi connectivity index (χ4n) is 3.24. The zero-order valence-corrected chi connectivity index (χ0v) is 19.2. The summed E-state index contributed by atoms with van der Waals surface area (Å²) in [6.07, 6.45) is 1.48. The number of hydrogen-bond donors (Lipinski definition) is 1. The van der Waals surface area contributed by atoms with E-state index in [9.17, 15) is 9.59 Å². The van der Waals surface area contributed by atoms with Gasteiger partial charge in [-0.05, 0) is 64.9 Å². The van der Waals surface area contributed by atoms with Crippen LogP contribution in [0.2, 0.25) is 0 Å². The summed E-state index contributed by atoms with van der Waals surface area (Å²) in [7, 11) is 1.49. The lowest BCUT2D eigenvalue weighted by Gasteiger charge is -2.11. The van der Waals surface area contributed by atoms with Crippen LogP contribution in [0.5, 0.6) is 11.5 Å². The Hall–Kier alpha value is -3.97. The number of benzene rings is 4. The molecule has 0 unspecified atom stereocenters. The van der Waals surface area contributed by atoms with Gasteiger partial charge in [-0.15, -0.1) is 0 Å². The average Bonchev–Trinajstić information content (AvgIpc) is 2.84. The topological polar surface area (TPSA) is 77.0 Å². The van der Waals surface area contributed by atoms with Crippen molar-refractivity contribution in [2.45, 2.75) is 0 Å². The molecule has 6 nitrogen and oxygen atoms in total. The number of hydrazone groups is 1. The zero-order chi connectivity index (χ0) is 23.2. The minimum atomic E-state index is -0.478. The molecule has 7 heteroatoms. The summed E-state index contributed by atoms with van der Waals surface area (Å²) in [6, 6.07) is 25.1. The van der Waals surface area contributed by atoms with E-state index in [1.54, 1.807) is 48.5 Å². The quantitative estimate of drug-likeness (QED) is 0.161. The van der Waals surface area contributed by atoms with Gasteiger partial charge in [0.25, 0.3) is 5.91 Å². The second-order valence-corrected chi connectivity index (χ2v) is 7.95. The van der Waals surface area contributed by atoms with Gasteiger partial charge in [0.2, 0.25) is 0 Å². The Labute approximate surface area is 199 Å². The largest absolute Gasteiger partial charge is 0.493 e. The van der Waals surface area contributed by atoms with E-state index in [1.165, 1.54) is 13.3 Å². The number of nitrogens with one attached hydrogen (secondary N) is 1. The minimum Gasteiger partial charge on any atom is -0.493 e. The zero-order valence-electron chi connectivity index (χ0n) is 17.6. The molecule has 1 N–H and O–H groups in total. The number of carbonyl (C=O) groups excluding carboxylic acids is 2. The van der Waals surface area contributed by atoms with E-state index >= 15 is 0 Å². The molecule has 33 heavy (non-hydrogen) atoms. The average molecular weight is 503 g/mol. The highest BCUT2D eigenvalue weighted by atomic mass is 79.9. The minimum absolute atomic E-state index is 0.284. The summed E-state index contributed by atoms with van der Waals surface area (Å²) in [5.41, 5.74) is 4.10. The molecule has 4 aromatic carbocycles. The highest BCUT2D eigenvalue weighted by Gasteiger charge is 2.15. The van der Waals surface area contributed by atoms with Crippen LogP contribution in [0.3, 0.4) is 0 Å². The number of halogens is 1. The molecular formula is C26H19BrN2O4. The summed E-state index contributed by atoms with van der Waals surface area (Å²) < 4.78 is 11.9. The predicted molar refractivity (Wildman–Crippen MR) is 131 cm³/mol. The van der Waals surface area contributed by atoms with Gasteiger partial charge in [0.05, 0.1) is 18.9 Å². The summed E-state index contributed by atoms with van der Waals surface area (Å²) >= 11 is 3.33. The lowest BCUT2D eigenvalue weighted by atomic mass is 10.0. The Morgan fingerprint density at radius 2 is 1.67 bits per heavy atom. The first-order valence-corrected chi connectivity index (χ1v) is 10.8. The van der Waals surface area contributed by atoms with Crippen molar-refractivity contribution < 1.29 is 19.1 Å². The molecule has 0 spiro atoms. The normalized spacial score (nSPS) is 10.8. The molecule has 0 radical (unpaired) electrons. The number of fused-ring (bicyclic) bond motifs is 1. The fraction of sp³-hybridized carbons (Fsp3) is 0.0385. The van der Waals surface area contributed by atoms with E-state index in [1.807, 2.05) is 36.4 Å². The van der Waals surface area contributed by atoms with Crippen LogP contribution in [0.15, 0.2) is 94.5 Å². The smallest absolute Gasteiger partial charge is 0.344 e. The summed E-state index contributed by atoms with van der Waals surface area (Å²) in [4.78, 5) is 25.0. The molecule has 0 aromatic heterocycles. The maximum absolute atomic E-state index is 12.8. The Morgan fingerprint density at radius 1 is 0.909 bits per heavy atom. The van der Waals surface area contributed by atoms with Crippen molar-refractivity contribution in [1.82, 2.24) is 5.43 Å². The molecule has 0 saturated heterocycles. The second kappa shape index (κ2) is 10.1. The Bertz CT molecular complexity index is 1350. The first-order chi connectivity index (χ1) is 16.0. The number of nitrogens with zero attached hydrogens (tertiary/aromatic N) is 1. The van der Waals surface area contributed by atoms with E-state index in [-0.39, 0.29) is 11.7 Å². The molecule has 1 amide bonds. The summed E-state index contributed by atoms with van der Waals surface area (Å²) in [6.45, 7) is 0. The number of esters is 1. The molecule has 0 atom stereocenters. The molecule has 0 aliphatic rings. The third kappa shape index (κ3) is 5.27. The lowest BCUT2D eigenvalue weighted by molar-refractivity contribution is 0.0731.